The summed E-state index contributed by atoms with van der Waals surface area (Å²) < 4.78 is 5.76. The number of hydrogen-bond acceptors (Lipinski definition) is 3. The van der Waals surface area contributed by atoms with Gasteiger partial charge in [-0.1, -0.05) is 25.1 Å². The third kappa shape index (κ3) is 3.33. The molecule has 2 aliphatic rings. The molecule has 2 aliphatic heterocycles. The molecule has 1 saturated heterocycles. The molecule has 1 fully saturated rings. The molecule has 0 N–H and O–H groups in total. The number of thioether (sulfide) groups is 1. The van der Waals surface area contributed by atoms with E-state index in [1.807, 2.05) is 0 Å². The first kappa shape index (κ1) is 13.5. The van der Waals surface area contributed by atoms with E-state index < -0.39 is 0 Å². The molecule has 104 valence electrons. The van der Waals surface area contributed by atoms with Crippen molar-refractivity contribution >= 4 is 11.8 Å². The Balaban J connectivity index is 1.53. The molecule has 0 radical (unpaired) electrons. The molecule has 2 nitrogen and oxygen atoms in total. The van der Waals surface area contributed by atoms with Crippen LogP contribution in [0.4, 0.5) is 0 Å². The summed E-state index contributed by atoms with van der Waals surface area (Å²) in [7, 11) is 0. The van der Waals surface area contributed by atoms with Crippen LogP contribution in [0.5, 0.6) is 0 Å². The monoisotopic (exact) mass is 277 g/mol. The molecule has 0 aliphatic carbocycles. The van der Waals surface area contributed by atoms with Crippen LogP contribution in [0, 0.1) is 0 Å². The number of fused-ring (bicyclic) bond motifs is 1. The minimum atomic E-state index is 0.480. The second kappa shape index (κ2) is 6.29. The van der Waals surface area contributed by atoms with Crippen molar-refractivity contribution in [1.82, 2.24) is 4.90 Å². The molecule has 0 saturated carbocycles. The standard InChI is InChI=1S/C16H23NOS/c1-2-17(11-14-7-5-9-18-14)12-15-10-13-6-3-4-8-16(13)19-15/h3-4,6,8,14-15H,2,5,7,9-12H2,1H3. The summed E-state index contributed by atoms with van der Waals surface area (Å²) in [5.41, 5.74) is 1.53. The van der Waals surface area contributed by atoms with Crippen molar-refractivity contribution in [3.05, 3.63) is 29.8 Å². The highest BCUT2D eigenvalue weighted by atomic mass is 32.2. The van der Waals surface area contributed by atoms with Gasteiger partial charge in [0.05, 0.1) is 6.10 Å². The fraction of sp³-hybridized carbons (Fsp3) is 0.625. The van der Waals surface area contributed by atoms with Gasteiger partial charge in [-0.25, -0.2) is 0 Å². The minimum absolute atomic E-state index is 0.480. The molecule has 0 aromatic heterocycles. The Morgan fingerprint density at radius 2 is 2.21 bits per heavy atom. The summed E-state index contributed by atoms with van der Waals surface area (Å²) in [6, 6.07) is 8.85. The molecule has 2 atom stereocenters. The molecule has 2 heterocycles. The molecule has 0 bridgehead atoms. The average molecular weight is 277 g/mol. The van der Waals surface area contributed by atoms with Crippen molar-refractivity contribution in [2.24, 2.45) is 0 Å². The van der Waals surface area contributed by atoms with Crippen LogP contribution < -0.4 is 0 Å². The summed E-state index contributed by atoms with van der Waals surface area (Å²) in [4.78, 5) is 4.06. The molecule has 0 spiro atoms. The van der Waals surface area contributed by atoms with E-state index >= 15 is 0 Å². The summed E-state index contributed by atoms with van der Waals surface area (Å²) >= 11 is 2.06. The number of ether oxygens (including phenoxy) is 1. The van der Waals surface area contributed by atoms with Gasteiger partial charge < -0.3 is 4.74 Å². The highest BCUT2D eigenvalue weighted by Gasteiger charge is 2.25. The van der Waals surface area contributed by atoms with Gasteiger partial charge >= 0.3 is 0 Å². The Hall–Kier alpha value is -0.510. The molecule has 19 heavy (non-hydrogen) atoms. The zero-order valence-electron chi connectivity index (χ0n) is 11.7. The van der Waals surface area contributed by atoms with E-state index in [1.54, 1.807) is 0 Å². The van der Waals surface area contributed by atoms with Crippen molar-refractivity contribution in [3.63, 3.8) is 0 Å². The largest absolute Gasteiger partial charge is 0.377 e. The van der Waals surface area contributed by atoms with E-state index in [9.17, 15) is 0 Å². The first-order chi connectivity index (χ1) is 9.35. The molecule has 3 rings (SSSR count). The Morgan fingerprint density at radius 1 is 1.32 bits per heavy atom. The quantitative estimate of drug-likeness (QED) is 0.820. The maximum absolute atomic E-state index is 5.76. The smallest absolute Gasteiger partial charge is 0.0702 e. The second-order valence-electron chi connectivity index (χ2n) is 5.54. The first-order valence-corrected chi connectivity index (χ1v) is 8.31. The highest BCUT2D eigenvalue weighted by molar-refractivity contribution is 8.00. The SMILES string of the molecule is CCN(CC1CCCO1)CC1Cc2ccccc2S1. The van der Waals surface area contributed by atoms with Crippen molar-refractivity contribution in [2.75, 3.05) is 26.2 Å². The maximum atomic E-state index is 5.76. The normalized spacial score (nSPS) is 26.0. The zero-order valence-corrected chi connectivity index (χ0v) is 12.5. The zero-order chi connectivity index (χ0) is 13.1. The molecule has 1 aromatic carbocycles. The summed E-state index contributed by atoms with van der Waals surface area (Å²) in [6.45, 7) is 6.67. The van der Waals surface area contributed by atoms with Crippen LogP contribution in [0.25, 0.3) is 0 Å². The number of likely N-dealkylation sites (N-methyl/N-ethyl adjacent to an activating group) is 1. The van der Waals surface area contributed by atoms with Crippen LogP contribution in [0.2, 0.25) is 0 Å². The third-order valence-electron chi connectivity index (χ3n) is 4.11. The maximum Gasteiger partial charge on any atom is 0.0702 e. The number of rotatable bonds is 5. The van der Waals surface area contributed by atoms with Crippen LogP contribution in [-0.4, -0.2) is 42.5 Å². The predicted octanol–water partition coefficient (Wildman–Crippen LogP) is 3.20. The first-order valence-electron chi connectivity index (χ1n) is 7.43. The van der Waals surface area contributed by atoms with Crippen LogP contribution in [0.1, 0.15) is 25.3 Å². The number of hydrogen-bond donors (Lipinski definition) is 0. The van der Waals surface area contributed by atoms with Crippen LogP contribution in [-0.2, 0) is 11.2 Å². The predicted molar refractivity (Wildman–Crippen MR) is 80.9 cm³/mol. The average Bonchev–Trinajstić information content (AvgIpc) is 3.06. The van der Waals surface area contributed by atoms with Gasteiger partial charge in [0.2, 0.25) is 0 Å². The van der Waals surface area contributed by atoms with E-state index in [0.717, 1.165) is 24.9 Å². The Bertz CT molecular complexity index is 392. The fourth-order valence-corrected chi connectivity index (χ4v) is 4.42. The lowest BCUT2D eigenvalue weighted by atomic mass is 10.1. The van der Waals surface area contributed by atoms with Crippen LogP contribution in [0.15, 0.2) is 29.2 Å². The lowest BCUT2D eigenvalue weighted by Gasteiger charge is -2.26. The van der Waals surface area contributed by atoms with Gasteiger partial charge in [-0.15, -0.1) is 11.8 Å². The lowest BCUT2D eigenvalue weighted by molar-refractivity contribution is 0.0750. The van der Waals surface area contributed by atoms with Gasteiger partial charge in [0.1, 0.15) is 0 Å². The topological polar surface area (TPSA) is 12.5 Å². The summed E-state index contributed by atoms with van der Waals surface area (Å²) in [5, 5.41) is 0.721. The Morgan fingerprint density at radius 3 is 2.95 bits per heavy atom. The van der Waals surface area contributed by atoms with Crippen LogP contribution >= 0.6 is 11.8 Å². The van der Waals surface area contributed by atoms with Crippen molar-refractivity contribution in [3.8, 4) is 0 Å². The summed E-state index contributed by atoms with van der Waals surface area (Å²) in [6.07, 6.45) is 4.19. The van der Waals surface area contributed by atoms with Gasteiger partial charge in [0.15, 0.2) is 0 Å². The summed E-state index contributed by atoms with van der Waals surface area (Å²) in [5.74, 6) is 0. The van der Waals surface area contributed by atoms with E-state index in [4.69, 9.17) is 4.74 Å². The highest BCUT2D eigenvalue weighted by Crippen LogP contribution is 2.37. The van der Waals surface area contributed by atoms with Gasteiger partial charge in [-0.05, 0) is 37.4 Å². The van der Waals surface area contributed by atoms with Gasteiger partial charge in [-0.3, -0.25) is 4.90 Å². The van der Waals surface area contributed by atoms with E-state index in [1.165, 1.54) is 36.3 Å². The van der Waals surface area contributed by atoms with Crippen molar-refractivity contribution < 1.29 is 4.74 Å². The van der Waals surface area contributed by atoms with E-state index in [0.29, 0.717) is 6.10 Å². The van der Waals surface area contributed by atoms with E-state index in [-0.39, 0.29) is 0 Å². The Kier molecular flexibility index (Phi) is 4.46. The number of nitrogens with zero attached hydrogens (tertiary/aromatic N) is 1. The lowest BCUT2D eigenvalue weighted by Crippen LogP contribution is -2.36. The molecule has 1 aromatic rings. The molecular weight excluding hydrogens is 254 g/mol. The molecular formula is C16H23NOS. The minimum Gasteiger partial charge on any atom is -0.377 e. The molecule has 2 unspecified atom stereocenters. The van der Waals surface area contributed by atoms with Crippen LogP contribution in [0.3, 0.4) is 0 Å². The van der Waals surface area contributed by atoms with E-state index in [2.05, 4.69) is 47.9 Å². The van der Waals surface area contributed by atoms with Crippen molar-refractivity contribution in [1.29, 1.82) is 0 Å². The fourth-order valence-electron chi connectivity index (χ4n) is 3.05. The second-order valence-corrected chi connectivity index (χ2v) is 6.88. The van der Waals surface area contributed by atoms with Gasteiger partial charge in [0.25, 0.3) is 0 Å². The Labute approximate surface area is 120 Å². The van der Waals surface area contributed by atoms with Gasteiger partial charge in [0, 0.05) is 29.8 Å². The molecule has 3 heteroatoms. The van der Waals surface area contributed by atoms with Crippen molar-refractivity contribution in [2.45, 2.75) is 42.4 Å². The third-order valence-corrected chi connectivity index (χ3v) is 5.41. The molecule has 0 amide bonds. The number of benzene rings is 1. The van der Waals surface area contributed by atoms with Gasteiger partial charge in [-0.2, -0.15) is 0 Å².